The molecule has 0 amide bonds. The molecule has 0 aliphatic carbocycles. The zero-order chi connectivity index (χ0) is 9.14. The quantitative estimate of drug-likeness (QED) is 0.520. The Morgan fingerprint density at radius 3 is 2.75 bits per heavy atom. The fraction of sp³-hybridized carbons (Fsp3) is 1.00. The van der Waals surface area contributed by atoms with E-state index in [1.165, 1.54) is 7.11 Å². The summed E-state index contributed by atoms with van der Waals surface area (Å²) in [7, 11) is 1.34. The summed E-state index contributed by atoms with van der Waals surface area (Å²) in [4.78, 5) is 10.2. The molecule has 1 saturated heterocycles. The van der Waals surface area contributed by atoms with Gasteiger partial charge in [-0.3, -0.25) is 0 Å². The molecule has 1 aliphatic heterocycles. The summed E-state index contributed by atoms with van der Waals surface area (Å²) in [6.07, 6.45) is -3.13. The summed E-state index contributed by atoms with van der Waals surface area (Å²) in [5.74, 6) is 0. The molecule has 0 aromatic carbocycles. The first kappa shape index (κ1) is 9.53. The number of hydrogen-bond donors (Lipinski definition) is 2. The molecule has 1 rings (SSSR count). The number of aliphatic hydroxyl groups excluding tert-OH is 2. The second-order valence-electron chi connectivity index (χ2n) is 2.59. The summed E-state index contributed by atoms with van der Waals surface area (Å²) < 4.78 is 9.56. The van der Waals surface area contributed by atoms with Gasteiger partial charge in [0.2, 0.25) is 0 Å². The van der Waals surface area contributed by atoms with Crippen molar-refractivity contribution in [2.75, 3.05) is 13.7 Å². The van der Waals surface area contributed by atoms with Crippen LogP contribution in [0.25, 0.3) is 0 Å². The molecule has 0 spiro atoms. The number of aliphatic hydroxyl groups is 2. The zero-order valence-electron chi connectivity index (χ0n) is 6.58. The number of hydrogen-bond acceptors (Lipinski definition) is 6. The summed E-state index contributed by atoms with van der Waals surface area (Å²) in [6.45, 7) is -0.0496. The molecule has 6 nitrogen and oxygen atoms in total. The normalized spacial score (nSPS) is 42.6. The molecule has 1 aliphatic rings. The fourth-order valence-electron chi connectivity index (χ4n) is 1.12. The summed E-state index contributed by atoms with van der Waals surface area (Å²) in [5.41, 5.74) is 0. The molecule has 1 fully saturated rings. The first-order valence-electron chi connectivity index (χ1n) is 3.53. The lowest BCUT2D eigenvalue weighted by atomic mass is 10.0. The lowest BCUT2D eigenvalue weighted by Gasteiger charge is -2.33. The monoisotopic (exact) mass is 177 g/mol. The summed E-state index contributed by atoms with van der Waals surface area (Å²) in [5, 5.41) is 21.0. The van der Waals surface area contributed by atoms with E-state index in [4.69, 9.17) is 14.6 Å². The molecular weight excluding hydrogens is 166 g/mol. The van der Waals surface area contributed by atoms with Crippen LogP contribution >= 0.6 is 0 Å². The third-order valence-electron chi connectivity index (χ3n) is 1.81. The molecule has 0 aromatic rings. The van der Waals surface area contributed by atoms with Gasteiger partial charge in [-0.05, 0) is 0 Å². The van der Waals surface area contributed by atoms with E-state index in [0.717, 1.165) is 0 Å². The molecule has 0 bridgehead atoms. The largest absolute Gasteiger partial charge is 0.388 e. The van der Waals surface area contributed by atoms with Gasteiger partial charge in [-0.25, -0.2) is 0 Å². The Morgan fingerprint density at radius 1 is 1.58 bits per heavy atom. The molecule has 6 heteroatoms. The van der Waals surface area contributed by atoms with Gasteiger partial charge in [0.25, 0.3) is 0 Å². The lowest BCUT2D eigenvalue weighted by Crippen LogP contribution is -2.52. The van der Waals surface area contributed by atoms with Gasteiger partial charge in [-0.1, -0.05) is 5.18 Å². The van der Waals surface area contributed by atoms with Crippen molar-refractivity contribution >= 4 is 0 Å². The van der Waals surface area contributed by atoms with Crippen molar-refractivity contribution in [3.8, 4) is 0 Å². The topological polar surface area (TPSA) is 88.4 Å². The number of methoxy groups -OCH3 is 1. The van der Waals surface area contributed by atoms with Crippen molar-refractivity contribution in [1.82, 2.24) is 0 Å². The van der Waals surface area contributed by atoms with Crippen molar-refractivity contribution in [1.29, 1.82) is 0 Å². The maximum atomic E-state index is 10.2. The molecule has 2 N–H and O–H groups in total. The minimum atomic E-state index is -1.20. The van der Waals surface area contributed by atoms with Crippen LogP contribution < -0.4 is 0 Å². The van der Waals surface area contributed by atoms with Gasteiger partial charge in [0.05, 0.1) is 6.61 Å². The van der Waals surface area contributed by atoms with Gasteiger partial charge in [-0.15, -0.1) is 0 Å². The van der Waals surface area contributed by atoms with Crippen molar-refractivity contribution in [2.45, 2.75) is 24.5 Å². The van der Waals surface area contributed by atoms with Crippen LogP contribution in [0.2, 0.25) is 0 Å². The molecule has 0 saturated carbocycles. The SMILES string of the molecule is COC1OC[C@H](O)[C@H](N=O)[C@H]1O. The molecule has 70 valence electrons. The highest BCUT2D eigenvalue weighted by Gasteiger charge is 2.39. The van der Waals surface area contributed by atoms with Crippen LogP contribution in [0, 0.1) is 4.91 Å². The van der Waals surface area contributed by atoms with Gasteiger partial charge in [-0.2, -0.15) is 4.91 Å². The Bertz CT molecular complexity index is 164. The van der Waals surface area contributed by atoms with Gasteiger partial charge in [0, 0.05) is 7.11 Å². The van der Waals surface area contributed by atoms with Crippen molar-refractivity contribution in [3.63, 3.8) is 0 Å². The minimum Gasteiger partial charge on any atom is -0.388 e. The van der Waals surface area contributed by atoms with E-state index in [1.807, 2.05) is 0 Å². The Kier molecular flexibility index (Phi) is 3.10. The van der Waals surface area contributed by atoms with Crippen LogP contribution in [-0.2, 0) is 9.47 Å². The maximum absolute atomic E-state index is 10.2. The average molecular weight is 177 g/mol. The van der Waals surface area contributed by atoms with E-state index in [9.17, 15) is 10.0 Å². The third-order valence-corrected chi connectivity index (χ3v) is 1.81. The van der Waals surface area contributed by atoms with Gasteiger partial charge < -0.3 is 19.7 Å². The van der Waals surface area contributed by atoms with Crippen molar-refractivity contribution < 1.29 is 19.7 Å². The number of nitrogens with zero attached hydrogens (tertiary/aromatic N) is 1. The number of rotatable bonds is 2. The highest BCUT2D eigenvalue weighted by Crippen LogP contribution is 2.18. The second kappa shape index (κ2) is 3.90. The number of nitroso groups, excluding NO2 is 1. The first-order valence-corrected chi connectivity index (χ1v) is 3.53. The summed E-state index contributed by atoms with van der Waals surface area (Å²) >= 11 is 0. The lowest BCUT2D eigenvalue weighted by molar-refractivity contribution is -0.231. The first-order chi connectivity index (χ1) is 5.70. The van der Waals surface area contributed by atoms with Crippen LogP contribution in [0.15, 0.2) is 5.18 Å². The van der Waals surface area contributed by atoms with Crippen LogP contribution in [0.3, 0.4) is 0 Å². The fourth-order valence-corrected chi connectivity index (χ4v) is 1.12. The van der Waals surface area contributed by atoms with Gasteiger partial charge in [0.1, 0.15) is 12.2 Å². The molecule has 1 unspecified atom stereocenters. The van der Waals surface area contributed by atoms with Crippen LogP contribution in [0.1, 0.15) is 0 Å². The molecule has 1 heterocycles. The Hall–Kier alpha value is -0.560. The van der Waals surface area contributed by atoms with Crippen molar-refractivity contribution in [2.24, 2.45) is 5.18 Å². The van der Waals surface area contributed by atoms with E-state index >= 15 is 0 Å². The highest BCUT2D eigenvalue weighted by atomic mass is 16.7. The van der Waals surface area contributed by atoms with Crippen LogP contribution in [0.4, 0.5) is 0 Å². The third kappa shape index (κ3) is 1.61. The minimum absolute atomic E-state index is 0.0496. The summed E-state index contributed by atoms with van der Waals surface area (Å²) in [6, 6.07) is -1.07. The van der Waals surface area contributed by atoms with E-state index in [0.29, 0.717) is 0 Å². The van der Waals surface area contributed by atoms with E-state index < -0.39 is 24.5 Å². The van der Waals surface area contributed by atoms with E-state index in [1.54, 1.807) is 0 Å². The van der Waals surface area contributed by atoms with Crippen molar-refractivity contribution in [3.05, 3.63) is 4.91 Å². The Balaban J connectivity index is 2.62. The van der Waals surface area contributed by atoms with E-state index in [2.05, 4.69) is 5.18 Å². The molecule has 4 atom stereocenters. The van der Waals surface area contributed by atoms with Gasteiger partial charge >= 0.3 is 0 Å². The predicted octanol–water partition coefficient (Wildman–Crippen LogP) is -1.15. The average Bonchev–Trinajstić information content (AvgIpc) is 2.06. The molecular formula is C6H11NO5. The molecule has 0 aromatic heterocycles. The Labute approximate surface area is 69.1 Å². The predicted molar refractivity (Wildman–Crippen MR) is 38.3 cm³/mol. The number of ether oxygens (including phenoxy) is 2. The van der Waals surface area contributed by atoms with Gasteiger partial charge in [0.15, 0.2) is 12.3 Å². The maximum Gasteiger partial charge on any atom is 0.185 e. The zero-order valence-corrected chi connectivity index (χ0v) is 6.58. The standard InChI is InChI=1S/C6H11NO5/c1-11-6-5(9)4(7-10)3(8)2-12-6/h3-6,8-9H,2H2,1H3/t3-,4-,5+,6?/m0/s1. The highest BCUT2D eigenvalue weighted by molar-refractivity contribution is 4.88. The Morgan fingerprint density at radius 2 is 2.25 bits per heavy atom. The molecule has 12 heavy (non-hydrogen) atoms. The second-order valence-corrected chi connectivity index (χ2v) is 2.59. The van der Waals surface area contributed by atoms with Crippen LogP contribution in [-0.4, -0.2) is 48.5 Å². The smallest absolute Gasteiger partial charge is 0.185 e. The van der Waals surface area contributed by atoms with E-state index in [-0.39, 0.29) is 6.61 Å². The van der Waals surface area contributed by atoms with Crippen LogP contribution in [0.5, 0.6) is 0 Å². The molecule has 0 radical (unpaired) electrons.